The molecule has 0 unspecified atom stereocenters. The van der Waals surface area contributed by atoms with Gasteiger partial charge < -0.3 is 9.73 Å². The number of benzene rings is 1. The number of anilines is 1. The van der Waals surface area contributed by atoms with Crippen LogP contribution in [-0.2, 0) is 4.79 Å². The Morgan fingerprint density at radius 3 is 2.78 bits per heavy atom. The van der Waals surface area contributed by atoms with Crippen molar-refractivity contribution in [2.45, 2.75) is 37.5 Å². The van der Waals surface area contributed by atoms with E-state index in [-0.39, 0.29) is 11.2 Å². The summed E-state index contributed by atoms with van der Waals surface area (Å²) in [4.78, 5) is 12.9. The third-order valence-electron chi connectivity index (χ3n) is 4.64. The lowest BCUT2D eigenvalue weighted by Crippen LogP contribution is -2.25. The van der Waals surface area contributed by atoms with Crippen molar-refractivity contribution in [3.05, 3.63) is 54.0 Å². The molecule has 1 aromatic carbocycles. The average Bonchev–Trinajstić information content (AvgIpc) is 3.24. The van der Waals surface area contributed by atoms with Crippen LogP contribution in [0.2, 0.25) is 0 Å². The van der Waals surface area contributed by atoms with Gasteiger partial charge in [0.05, 0.1) is 22.5 Å². The van der Waals surface area contributed by atoms with E-state index in [0.717, 1.165) is 33.4 Å². The first-order valence-electron chi connectivity index (χ1n) is 8.82. The predicted octanol–water partition coefficient (Wildman–Crippen LogP) is 4.60. The summed E-state index contributed by atoms with van der Waals surface area (Å²) >= 11 is 1.43. The molecular weight excluding hydrogens is 360 g/mol. The SMILES string of the molecule is CC[C@H](Sc1nncn2c1cc1occc12)C(=O)Nc1c(C)cccc1C. The van der Waals surface area contributed by atoms with Gasteiger partial charge in [-0.05, 0) is 31.4 Å². The van der Waals surface area contributed by atoms with Crippen molar-refractivity contribution in [1.29, 1.82) is 0 Å². The summed E-state index contributed by atoms with van der Waals surface area (Å²) in [6.07, 6.45) is 3.99. The number of hydrogen-bond acceptors (Lipinski definition) is 5. The van der Waals surface area contributed by atoms with Crippen LogP contribution in [0.3, 0.4) is 0 Å². The van der Waals surface area contributed by atoms with Gasteiger partial charge in [0.15, 0.2) is 5.58 Å². The van der Waals surface area contributed by atoms with Crippen LogP contribution >= 0.6 is 11.8 Å². The molecule has 4 rings (SSSR count). The summed E-state index contributed by atoms with van der Waals surface area (Å²) < 4.78 is 7.41. The van der Waals surface area contributed by atoms with Gasteiger partial charge in [-0.3, -0.25) is 9.20 Å². The number of thioether (sulfide) groups is 1. The van der Waals surface area contributed by atoms with Crippen molar-refractivity contribution >= 4 is 40.0 Å². The van der Waals surface area contributed by atoms with Crippen LogP contribution < -0.4 is 5.32 Å². The zero-order valence-corrected chi connectivity index (χ0v) is 16.2. The third kappa shape index (κ3) is 3.19. The number of carbonyl (C=O) groups is 1. The van der Waals surface area contributed by atoms with Gasteiger partial charge in [0.1, 0.15) is 11.4 Å². The molecule has 6 nitrogen and oxygen atoms in total. The Morgan fingerprint density at radius 2 is 2.04 bits per heavy atom. The highest BCUT2D eigenvalue weighted by Gasteiger charge is 2.22. The molecule has 1 amide bonds. The molecular formula is C20H20N4O2S. The summed E-state index contributed by atoms with van der Waals surface area (Å²) in [6.45, 7) is 6.00. The number of nitrogens with one attached hydrogen (secondary N) is 1. The van der Waals surface area contributed by atoms with E-state index in [4.69, 9.17) is 4.42 Å². The minimum Gasteiger partial charge on any atom is -0.463 e. The number of aromatic nitrogens is 3. The van der Waals surface area contributed by atoms with Gasteiger partial charge in [-0.25, -0.2) is 0 Å². The molecule has 138 valence electrons. The summed E-state index contributed by atoms with van der Waals surface area (Å²) in [7, 11) is 0. The highest BCUT2D eigenvalue weighted by Crippen LogP contribution is 2.31. The largest absolute Gasteiger partial charge is 0.463 e. The monoisotopic (exact) mass is 380 g/mol. The minimum atomic E-state index is -0.272. The second kappa shape index (κ2) is 7.08. The quantitative estimate of drug-likeness (QED) is 0.512. The first-order valence-corrected chi connectivity index (χ1v) is 9.70. The van der Waals surface area contributed by atoms with E-state index >= 15 is 0 Å². The van der Waals surface area contributed by atoms with Crippen LogP contribution in [0.15, 0.2) is 52.4 Å². The molecule has 0 aliphatic heterocycles. The van der Waals surface area contributed by atoms with Crippen LogP contribution in [-0.4, -0.2) is 25.8 Å². The molecule has 0 saturated carbocycles. The maximum absolute atomic E-state index is 12.9. The Kier molecular flexibility index (Phi) is 4.61. The number of para-hydroxylation sites is 1. The van der Waals surface area contributed by atoms with Crippen molar-refractivity contribution in [3.63, 3.8) is 0 Å². The lowest BCUT2D eigenvalue weighted by molar-refractivity contribution is -0.115. The molecule has 0 radical (unpaired) electrons. The number of fused-ring (bicyclic) bond motifs is 3. The lowest BCUT2D eigenvalue weighted by atomic mass is 10.1. The van der Waals surface area contributed by atoms with Crippen molar-refractivity contribution in [1.82, 2.24) is 14.6 Å². The van der Waals surface area contributed by atoms with Crippen LogP contribution in [0, 0.1) is 13.8 Å². The first-order chi connectivity index (χ1) is 13.1. The zero-order chi connectivity index (χ0) is 19.0. The Bertz CT molecular complexity index is 1110. The fourth-order valence-electron chi connectivity index (χ4n) is 3.17. The van der Waals surface area contributed by atoms with Gasteiger partial charge in [0, 0.05) is 17.8 Å². The van der Waals surface area contributed by atoms with Crippen LogP contribution in [0.25, 0.3) is 16.6 Å². The molecule has 7 heteroatoms. The molecule has 1 N–H and O–H groups in total. The van der Waals surface area contributed by atoms with Crippen LogP contribution in [0.5, 0.6) is 0 Å². The van der Waals surface area contributed by atoms with Gasteiger partial charge in [-0.2, -0.15) is 0 Å². The minimum absolute atomic E-state index is 0.0288. The van der Waals surface area contributed by atoms with E-state index in [1.807, 2.05) is 55.5 Å². The van der Waals surface area contributed by atoms with Crippen molar-refractivity contribution in [2.75, 3.05) is 5.32 Å². The van der Waals surface area contributed by atoms with E-state index in [0.29, 0.717) is 11.4 Å². The molecule has 0 fully saturated rings. The van der Waals surface area contributed by atoms with E-state index < -0.39 is 0 Å². The fraction of sp³-hybridized carbons (Fsp3) is 0.250. The van der Waals surface area contributed by atoms with E-state index in [9.17, 15) is 4.79 Å². The Balaban J connectivity index is 1.62. The molecule has 27 heavy (non-hydrogen) atoms. The number of furan rings is 1. The zero-order valence-electron chi connectivity index (χ0n) is 15.4. The molecule has 0 saturated heterocycles. The molecule has 0 spiro atoms. The number of nitrogens with zero attached hydrogens (tertiary/aromatic N) is 3. The van der Waals surface area contributed by atoms with Crippen LogP contribution in [0.1, 0.15) is 24.5 Å². The molecule has 0 aliphatic rings. The number of hydrogen-bond donors (Lipinski definition) is 1. The summed E-state index contributed by atoms with van der Waals surface area (Å²) in [5.74, 6) is -0.0288. The Morgan fingerprint density at radius 1 is 1.26 bits per heavy atom. The lowest BCUT2D eigenvalue weighted by Gasteiger charge is -2.17. The third-order valence-corrected chi connectivity index (χ3v) is 5.99. The topological polar surface area (TPSA) is 72.4 Å². The number of rotatable bonds is 5. The average molecular weight is 380 g/mol. The highest BCUT2D eigenvalue weighted by molar-refractivity contribution is 8.00. The normalized spacial score (nSPS) is 12.6. The molecule has 4 aromatic rings. The maximum atomic E-state index is 12.9. The van der Waals surface area contributed by atoms with E-state index in [2.05, 4.69) is 15.5 Å². The van der Waals surface area contributed by atoms with Crippen LogP contribution in [0.4, 0.5) is 5.69 Å². The second-order valence-corrected chi connectivity index (χ2v) is 7.67. The van der Waals surface area contributed by atoms with Gasteiger partial charge >= 0.3 is 0 Å². The van der Waals surface area contributed by atoms with Gasteiger partial charge in [0.2, 0.25) is 5.91 Å². The van der Waals surface area contributed by atoms with Crippen molar-refractivity contribution in [2.24, 2.45) is 0 Å². The number of amides is 1. The smallest absolute Gasteiger partial charge is 0.237 e. The summed E-state index contributed by atoms with van der Waals surface area (Å²) in [5.41, 5.74) is 5.59. The van der Waals surface area contributed by atoms with Gasteiger partial charge in [-0.1, -0.05) is 36.9 Å². The summed E-state index contributed by atoms with van der Waals surface area (Å²) in [5, 5.41) is 11.9. The molecule has 3 aromatic heterocycles. The fourth-order valence-corrected chi connectivity index (χ4v) is 4.15. The molecule has 3 heterocycles. The number of aryl methyl sites for hydroxylation is 2. The summed E-state index contributed by atoms with van der Waals surface area (Å²) in [6, 6.07) is 9.81. The molecule has 0 bridgehead atoms. The molecule has 1 atom stereocenters. The Hall–Kier alpha value is -2.80. The predicted molar refractivity (Wildman–Crippen MR) is 107 cm³/mol. The number of carbonyl (C=O) groups excluding carboxylic acids is 1. The first kappa shape index (κ1) is 17.6. The van der Waals surface area contributed by atoms with E-state index in [1.165, 1.54) is 11.8 Å². The molecule has 0 aliphatic carbocycles. The van der Waals surface area contributed by atoms with Crippen molar-refractivity contribution in [3.8, 4) is 0 Å². The Labute approximate surface area is 161 Å². The van der Waals surface area contributed by atoms with E-state index in [1.54, 1.807) is 12.6 Å². The maximum Gasteiger partial charge on any atom is 0.237 e. The van der Waals surface area contributed by atoms with Gasteiger partial charge in [-0.15, -0.1) is 10.2 Å². The van der Waals surface area contributed by atoms with Crippen molar-refractivity contribution < 1.29 is 9.21 Å². The van der Waals surface area contributed by atoms with Gasteiger partial charge in [0.25, 0.3) is 0 Å². The highest BCUT2D eigenvalue weighted by atomic mass is 32.2. The second-order valence-electron chi connectivity index (χ2n) is 6.48. The standard InChI is InChI=1S/C20H20N4O2S/c1-4-17(19(25)22-18-12(2)6-5-7-13(18)3)27-20-15-10-16-14(8-9-26-16)24(15)11-21-23-20/h5-11,17H,4H2,1-3H3,(H,22,25)/t17-/m0/s1.